The average molecular weight is 217 g/mol. The van der Waals surface area contributed by atoms with E-state index < -0.39 is 0 Å². The van der Waals surface area contributed by atoms with E-state index in [4.69, 9.17) is 11.6 Å². The first kappa shape index (κ1) is 12.1. The lowest BCUT2D eigenvalue weighted by Crippen LogP contribution is -2.19. The maximum atomic E-state index is 9.68. The second-order valence-electron chi connectivity index (χ2n) is 4.14. The Morgan fingerprint density at radius 2 is 1.71 bits per heavy atom. The SMILES string of the molecule is OC1CC=CCCCCCCCC1Cl. The zero-order valence-electron chi connectivity index (χ0n) is 8.79. The van der Waals surface area contributed by atoms with Gasteiger partial charge in [-0.25, -0.2) is 0 Å². The second kappa shape index (κ2) is 7.30. The monoisotopic (exact) mass is 216 g/mol. The molecule has 2 atom stereocenters. The van der Waals surface area contributed by atoms with Crippen LogP contribution in [0, 0.1) is 0 Å². The molecular weight excluding hydrogens is 196 g/mol. The van der Waals surface area contributed by atoms with Gasteiger partial charge in [-0.05, 0) is 25.7 Å². The van der Waals surface area contributed by atoms with Crippen molar-refractivity contribution in [3.8, 4) is 0 Å². The molecule has 2 heteroatoms. The van der Waals surface area contributed by atoms with E-state index in [1.165, 1.54) is 25.7 Å². The van der Waals surface area contributed by atoms with Crippen LogP contribution < -0.4 is 0 Å². The summed E-state index contributed by atoms with van der Waals surface area (Å²) < 4.78 is 0. The maximum absolute atomic E-state index is 9.68. The van der Waals surface area contributed by atoms with Gasteiger partial charge in [0.2, 0.25) is 0 Å². The molecule has 0 spiro atoms. The molecule has 0 radical (unpaired) electrons. The van der Waals surface area contributed by atoms with E-state index in [-0.39, 0.29) is 11.5 Å². The fourth-order valence-electron chi connectivity index (χ4n) is 1.83. The second-order valence-corrected chi connectivity index (χ2v) is 4.70. The molecule has 0 saturated heterocycles. The van der Waals surface area contributed by atoms with Crippen LogP contribution in [-0.4, -0.2) is 16.6 Å². The van der Waals surface area contributed by atoms with Gasteiger partial charge in [-0.3, -0.25) is 0 Å². The first-order valence-electron chi connectivity index (χ1n) is 5.78. The van der Waals surface area contributed by atoms with Gasteiger partial charge in [-0.15, -0.1) is 11.6 Å². The Morgan fingerprint density at radius 3 is 2.57 bits per heavy atom. The van der Waals surface area contributed by atoms with E-state index in [0.29, 0.717) is 6.42 Å². The van der Waals surface area contributed by atoms with Crippen molar-refractivity contribution in [2.24, 2.45) is 0 Å². The number of allylic oxidation sites excluding steroid dienone is 1. The van der Waals surface area contributed by atoms with E-state index in [0.717, 1.165) is 19.3 Å². The highest BCUT2D eigenvalue weighted by atomic mass is 35.5. The van der Waals surface area contributed by atoms with E-state index in [9.17, 15) is 5.11 Å². The Kier molecular flexibility index (Phi) is 6.29. The summed E-state index contributed by atoms with van der Waals surface area (Å²) in [6.07, 6.45) is 13.1. The summed E-state index contributed by atoms with van der Waals surface area (Å²) in [6.45, 7) is 0. The first-order chi connectivity index (χ1) is 6.80. The Morgan fingerprint density at radius 1 is 1.00 bits per heavy atom. The molecule has 1 aliphatic carbocycles. The molecule has 1 aliphatic rings. The minimum Gasteiger partial charge on any atom is -0.391 e. The Labute approximate surface area is 92.2 Å². The van der Waals surface area contributed by atoms with Crippen molar-refractivity contribution < 1.29 is 5.11 Å². The third kappa shape index (κ3) is 5.02. The quantitative estimate of drug-likeness (QED) is 0.484. The Hall–Kier alpha value is -0.0100. The average Bonchev–Trinajstić information content (AvgIpc) is 2.18. The van der Waals surface area contributed by atoms with Crippen LogP contribution in [-0.2, 0) is 0 Å². The Bertz CT molecular complexity index is 168. The third-order valence-corrected chi connectivity index (χ3v) is 3.32. The van der Waals surface area contributed by atoms with Crippen molar-refractivity contribution in [2.45, 2.75) is 62.8 Å². The summed E-state index contributed by atoms with van der Waals surface area (Å²) in [5.74, 6) is 0. The summed E-state index contributed by atoms with van der Waals surface area (Å²) >= 11 is 6.08. The Balaban J connectivity index is 2.34. The molecule has 14 heavy (non-hydrogen) atoms. The fourth-order valence-corrected chi connectivity index (χ4v) is 2.08. The molecule has 0 aromatic rings. The van der Waals surface area contributed by atoms with Crippen LogP contribution in [0.5, 0.6) is 0 Å². The van der Waals surface area contributed by atoms with Gasteiger partial charge in [-0.2, -0.15) is 0 Å². The highest BCUT2D eigenvalue weighted by Gasteiger charge is 2.14. The fraction of sp³-hybridized carbons (Fsp3) is 0.833. The molecule has 0 saturated carbocycles. The predicted molar refractivity (Wildman–Crippen MR) is 61.7 cm³/mol. The number of rotatable bonds is 0. The van der Waals surface area contributed by atoms with Crippen LogP contribution in [0.25, 0.3) is 0 Å². The molecular formula is C12H21ClO. The molecule has 0 heterocycles. The standard InChI is InChI=1S/C12H21ClO/c13-11-9-7-5-3-1-2-4-6-8-10-12(11)14/h6,8,11-12,14H,1-5,7,9-10H2. The zero-order valence-corrected chi connectivity index (χ0v) is 9.55. The highest BCUT2D eigenvalue weighted by Crippen LogP contribution is 2.18. The maximum Gasteiger partial charge on any atom is 0.0738 e. The number of hydrogen-bond acceptors (Lipinski definition) is 1. The van der Waals surface area contributed by atoms with Crippen molar-refractivity contribution in [3.05, 3.63) is 12.2 Å². The van der Waals surface area contributed by atoms with Gasteiger partial charge in [-0.1, -0.05) is 37.8 Å². The molecule has 1 N–H and O–H groups in total. The van der Waals surface area contributed by atoms with Crippen LogP contribution in [0.3, 0.4) is 0 Å². The number of alkyl halides is 1. The lowest BCUT2D eigenvalue weighted by Gasteiger charge is -2.15. The zero-order chi connectivity index (χ0) is 10.2. The summed E-state index contributed by atoms with van der Waals surface area (Å²) in [7, 11) is 0. The normalized spacial score (nSPS) is 31.9. The van der Waals surface area contributed by atoms with Crippen LogP contribution >= 0.6 is 11.6 Å². The predicted octanol–water partition coefficient (Wildman–Crippen LogP) is 3.65. The van der Waals surface area contributed by atoms with Crippen molar-refractivity contribution >= 4 is 11.6 Å². The van der Waals surface area contributed by atoms with Crippen LogP contribution in [0.15, 0.2) is 12.2 Å². The molecule has 2 unspecified atom stereocenters. The molecule has 0 aliphatic heterocycles. The number of hydrogen-bond donors (Lipinski definition) is 1. The third-order valence-electron chi connectivity index (χ3n) is 2.81. The van der Waals surface area contributed by atoms with Crippen LogP contribution in [0.2, 0.25) is 0 Å². The molecule has 82 valence electrons. The van der Waals surface area contributed by atoms with Crippen LogP contribution in [0.1, 0.15) is 51.4 Å². The van der Waals surface area contributed by atoms with Crippen molar-refractivity contribution in [3.63, 3.8) is 0 Å². The van der Waals surface area contributed by atoms with Gasteiger partial charge in [0.25, 0.3) is 0 Å². The van der Waals surface area contributed by atoms with Gasteiger partial charge >= 0.3 is 0 Å². The lowest BCUT2D eigenvalue weighted by atomic mass is 10.0. The molecule has 0 aromatic heterocycles. The highest BCUT2D eigenvalue weighted by molar-refractivity contribution is 6.21. The number of aliphatic hydroxyl groups is 1. The molecule has 0 bridgehead atoms. The van der Waals surface area contributed by atoms with Crippen molar-refractivity contribution in [1.82, 2.24) is 0 Å². The van der Waals surface area contributed by atoms with Gasteiger partial charge in [0.1, 0.15) is 0 Å². The smallest absolute Gasteiger partial charge is 0.0738 e. The largest absolute Gasteiger partial charge is 0.391 e. The van der Waals surface area contributed by atoms with E-state index in [2.05, 4.69) is 12.2 Å². The lowest BCUT2D eigenvalue weighted by molar-refractivity contribution is 0.167. The number of aliphatic hydroxyl groups excluding tert-OH is 1. The summed E-state index contributed by atoms with van der Waals surface area (Å²) in [4.78, 5) is 0. The van der Waals surface area contributed by atoms with Crippen molar-refractivity contribution in [1.29, 1.82) is 0 Å². The number of halogens is 1. The molecule has 0 aromatic carbocycles. The van der Waals surface area contributed by atoms with Gasteiger partial charge in [0.05, 0.1) is 11.5 Å². The molecule has 1 nitrogen and oxygen atoms in total. The van der Waals surface area contributed by atoms with E-state index in [1.54, 1.807) is 0 Å². The summed E-state index contributed by atoms with van der Waals surface area (Å²) in [6, 6.07) is 0. The van der Waals surface area contributed by atoms with Gasteiger partial charge < -0.3 is 5.11 Å². The van der Waals surface area contributed by atoms with E-state index >= 15 is 0 Å². The van der Waals surface area contributed by atoms with Crippen LogP contribution in [0.4, 0.5) is 0 Å². The molecule has 0 fully saturated rings. The van der Waals surface area contributed by atoms with E-state index in [1.807, 2.05) is 0 Å². The first-order valence-corrected chi connectivity index (χ1v) is 6.21. The summed E-state index contributed by atoms with van der Waals surface area (Å²) in [5, 5.41) is 9.62. The summed E-state index contributed by atoms with van der Waals surface area (Å²) in [5.41, 5.74) is 0. The minimum atomic E-state index is -0.354. The molecule has 1 rings (SSSR count). The van der Waals surface area contributed by atoms with Crippen molar-refractivity contribution in [2.75, 3.05) is 0 Å². The molecule has 0 amide bonds. The minimum absolute atomic E-state index is 0.0564. The topological polar surface area (TPSA) is 20.2 Å². The van der Waals surface area contributed by atoms with Gasteiger partial charge in [0.15, 0.2) is 0 Å². The van der Waals surface area contributed by atoms with Gasteiger partial charge in [0, 0.05) is 0 Å².